The summed E-state index contributed by atoms with van der Waals surface area (Å²) in [7, 11) is 0. The van der Waals surface area contributed by atoms with Crippen LogP contribution in [0.4, 0.5) is 0 Å². The summed E-state index contributed by atoms with van der Waals surface area (Å²) in [6.45, 7) is 8.99. The van der Waals surface area contributed by atoms with E-state index in [-0.39, 0.29) is 11.5 Å². The molecule has 0 spiro atoms. The van der Waals surface area contributed by atoms with Crippen molar-refractivity contribution in [3.8, 4) is 0 Å². The number of hydrogen-bond acceptors (Lipinski definition) is 5. The highest BCUT2D eigenvalue weighted by atomic mass is 16.5. The van der Waals surface area contributed by atoms with Crippen LogP contribution < -0.4 is 0 Å². The van der Waals surface area contributed by atoms with Crippen LogP contribution in [0.5, 0.6) is 0 Å². The number of aliphatic hydroxyl groups is 2. The fraction of sp³-hybridized carbons (Fsp3) is 0.545. The zero-order valence-electron chi connectivity index (χ0n) is 16.9. The topological polar surface area (TPSA) is 83.8 Å². The van der Waals surface area contributed by atoms with E-state index in [0.29, 0.717) is 5.92 Å². The van der Waals surface area contributed by atoms with E-state index < -0.39 is 36.5 Å². The number of Topliss-reactive ketones (excluding diaryl/α,β-unsaturated/α-hetero) is 1. The summed E-state index contributed by atoms with van der Waals surface area (Å²) in [5.41, 5.74) is 0.794. The molecule has 0 radical (unpaired) electrons. The summed E-state index contributed by atoms with van der Waals surface area (Å²) in [4.78, 5) is 23.6. The lowest BCUT2D eigenvalue weighted by Gasteiger charge is -2.33. The summed E-state index contributed by atoms with van der Waals surface area (Å²) in [5.74, 6) is -0.830. The maximum atomic E-state index is 12.2. The highest BCUT2D eigenvalue weighted by Gasteiger charge is 2.40. The van der Waals surface area contributed by atoms with Crippen molar-refractivity contribution in [3.05, 3.63) is 47.6 Å². The van der Waals surface area contributed by atoms with Gasteiger partial charge in [-0.05, 0) is 31.3 Å². The van der Waals surface area contributed by atoms with E-state index in [0.717, 1.165) is 12.0 Å². The molecule has 0 aromatic rings. The monoisotopic (exact) mass is 376 g/mol. The van der Waals surface area contributed by atoms with Crippen LogP contribution in [-0.2, 0) is 14.3 Å². The molecule has 0 aromatic heterocycles. The number of carbonyl (C=O) groups excluding carboxylic acids is 2. The van der Waals surface area contributed by atoms with Crippen LogP contribution in [-0.4, -0.2) is 40.8 Å². The molecule has 1 rings (SSSR count). The minimum atomic E-state index is -1.35. The van der Waals surface area contributed by atoms with E-state index in [2.05, 4.69) is 32.9 Å². The molecule has 0 fully saturated rings. The molecule has 0 saturated heterocycles. The number of allylic oxidation sites excluding steroid dienone is 5. The van der Waals surface area contributed by atoms with Gasteiger partial charge in [0.2, 0.25) is 0 Å². The van der Waals surface area contributed by atoms with E-state index in [1.165, 1.54) is 13.0 Å². The quantitative estimate of drug-likeness (QED) is 0.386. The molecule has 4 atom stereocenters. The summed E-state index contributed by atoms with van der Waals surface area (Å²) in [6, 6.07) is 0. The third kappa shape index (κ3) is 7.27. The van der Waals surface area contributed by atoms with Gasteiger partial charge in [0.15, 0.2) is 5.78 Å². The normalized spacial score (nSPS) is 25.3. The second-order valence-corrected chi connectivity index (χ2v) is 7.47. The van der Waals surface area contributed by atoms with Crippen molar-refractivity contribution in [1.82, 2.24) is 0 Å². The smallest absolute Gasteiger partial charge is 0.303 e. The molecular formula is C22H32O5. The van der Waals surface area contributed by atoms with Gasteiger partial charge in [0.25, 0.3) is 0 Å². The molecule has 1 aliphatic rings. The van der Waals surface area contributed by atoms with Crippen LogP contribution in [0.25, 0.3) is 0 Å². The number of ether oxygens (including phenoxy) is 1. The maximum Gasteiger partial charge on any atom is 0.303 e. The zero-order chi connectivity index (χ0) is 20.6. The summed E-state index contributed by atoms with van der Waals surface area (Å²) in [5, 5.41) is 19.7. The molecule has 2 N–H and O–H groups in total. The SMILES string of the molecule is CC(=O)O[C@H]1C=C(CO)C(=O)[C@H](O)[C@H]1/C(C)=C/C=C/[C@H](C)/C=C\CC(C)C. The van der Waals surface area contributed by atoms with Crippen LogP contribution in [0, 0.1) is 17.8 Å². The predicted octanol–water partition coefficient (Wildman–Crippen LogP) is 3.14. The van der Waals surface area contributed by atoms with Gasteiger partial charge in [0.05, 0.1) is 12.5 Å². The van der Waals surface area contributed by atoms with Gasteiger partial charge in [-0.15, -0.1) is 0 Å². The molecule has 0 aliphatic heterocycles. The molecule has 0 saturated carbocycles. The summed E-state index contributed by atoms with van der Waals surface area (Å²) < 4.78 is 5.26. The van der Waals surface area contributed by atoms with Gasteiger partial charge < -0.3 is 14.9 Å². The summed E-state index contributed by atoms with van der Waals surface area (Å²) in [6.07, 6.45) is 10.4. The van der Waals surface area contributed by atoms with Gasteiger partial charge in [-0.25, -0.2) is 0 Å². The van der Waals surface area contributed by atoms with Crippen LogP contribution in [0.3, 0.4) is 0 Å². The average molecular weight is 376 g/mol. The Kier molecular flexibility index (Phi) is 9.39. The number of rotatable bonds is 8. The fourth-order valence-electron chi connectivity index (χ4n) is 2.98. The number of hydrogen-bond donors (Lipinski definition) is 2. The number of carbonyl (C=O) groups is 2. The molecule has 5 heteroatoms. The van der Waals surface area contributed by atoms with Gasteiger partial charge >= 0.3 is 5.97 Å². The Morgan fingerprint density at radius 1 is 1.26 bits per heavy atom. The first kappa shape index (κ1) is 23.1. The lowest BCUT2D eigenvalue weighted by atomic mass is 9.79. The maximum absolute atomic E-state index is 12.2. The van der Waals surface area contributed by atoms with Crippen LogP contribution in [0.15, 0.2) is 47.6 Å². The zero-order valence-corrected chi connectivity index (χ0v) is 16.9. The average Bonchev–Trinajstić information content (AvgIpc) is 2.57. The highest BCUT2D eigenvalue weighted by Crippen LogP contribution is 2.30. The van der Waals surface area contributed by atoms with Gasteiger partial charge in [0, 0.05) is 12.5 Å². The van der Waals surface area contributed by atoms with Crippen molar-refractivity contribution >= 4 is 11.8 Å². The van der Waals surface area contributed by atoms with E-state index in [9.17, 15) is 19.8 Å². The number of aliphatic hydroxyl groups excluding tert-OH is 2. The Labute approximate surface area is 162 Å². The van der Waals surface area contributed by atoms with E-state index in [4.69, 9.17) is 4.74 Å². The molecule has 150 valence electrons. The third-order valence-electron chi connectivity index (χ3n) is 4.46. The van der Waals surface area contributed by atoms with Crippen molar-refractivity contribution in [1.29, 1.82) is 0 Å². The molecule has 27 heavy (non-hydrogen) atoms. The molecule has 0 unspecified atom stereocenters. The Bertz CT molecular complexity index is 639. The summed E-state index contributed by atoms with van der Waals surface area (Å²) >= 11 is 0. The lowest BCUT2D eigenvalue weighted by Crippen LogP contribution is -2.44. The molecule has 5 nitrogen and oxygen atoms in total. The first-order chi connectivity index (χ1) is 12.7. The van der Waals surface area contributed by atoms with Crippen LogP contribution in [0.1, 0.15) is 41.0 Å². The minimum Gasteiger partial charge on any atom is -0.458 e. The second-order valence-electron chi connectivity index (χ2n) is 7.47. The minimum absolute atomic E-state index is 0.0669. The largest absolute Gasteiger partial charge is 0.458 e. The van der Waals surface area contributed by atoms with Gasteiger partial charge in [0.1, 0.15) is 12.2 Å². The molecule has 1 aliphatic carbocycles. The molecule has 0 aromatic carbocycles. The Hall–Kier alpha value is -1.98. The van der Waals surface area contributed by atoms with Crippen molar-refractivity contribution in [2.75, 3.05) is 6.61 Å². The van der Waals surface area contributed by atoms with Crippen LogP contribution in [0.2, 0.25) is 0 Å². The molecular weight excluding hydrogens is 344 g/mol. The van der Waals surface area contributed by atoms with E-state index in [1.807, 2.05) is 18.2 Å². The number of ketones is 1. The Morgan fingerprint density at radius 3 is 2.48 bits per heavy atom. The van der Waals surface area contributed by atoms with Crippen molar-refractivity contribution in [2.24, 2.45) is 17.8 Å². The van der Waals surface area contributed by atoms with E-state index >= 15 is 0 Å². The van der Waals surface area contributed by atoms with Crippen LogP contribution >= 0.6 is 0 Å². The van der Waals surface area contributed by atoms with Gasteiger partial charge in [-0.3, -0.25) is 9.59 Å². The third-order valence-corrected chi connectivity index (χ3v) is 4.46. The standard InChI is InChI=1S/C22H32O5/c1-14(2)8-6-9-15(3)10-7-11-16(4)20-19(27-17(5)24)12-18(13-23)21(25)22(20)26/h6-7,9-12,14-15,19-20,22-23,26H,8,13H2,1-5H3/b9-6-,10-7+,16-11+/t15-,19+,20+,22-/m1/s1. The van der Waals surface area contributed by atoms with Gasteiger partial charge in [-0.2, -0.15) is 0 Å². The molecule has 0 amide bonds. The second kappa shape index (κ2) is 11.0. The fourth-order valence-corrected chi connectivity index (χ4v) is 2.98. The van der Waals surface area contributed by atoms with Gasteiger partial charge in [-0.1, -0.05) is 56.7 Å². The first-order valence-corrected chi connectivity index (χ1v) is 9.40. The predicted molar refractivity (Wildman–Crippen MR) is 106 cm³/mol. The Balaban J connectivity index is 2.95. The highest BCUT2D eigenvalue weighted by molar-refractivity contribution is 6.00. The first-order valence-electron chi connectivity index (χ1n) is 9.40. The molecule has 0 heterocycles. The Morgan fingerprint density at radius 2 is 1.93 bits per heavy atom. The van der Waals surface area contributed by atoms with Crippen molar-refractivity contribution in [3.63, 3.8) is 0 Å². The van der Waals surface area contributed by atoms with E-state index in [1.54, 1.807) is 6.92 Å². The lowest BCUT2D eigenvalue weighted by molar-refractivity contribution is -0.150. The van der Waals surface area contributed by atoms with Crippen molar-refractivity contribution in [2.45, 2.75) is 53.2 Å². The number of esters is 1. The molecule has 0 bridgehead atoms. The van der Waals surface area contributed by atoms with Crippen molar-refractivity contribution < 1.29 is 24.5 Å².